The van der Waals surface area contributed by atoms with Gasteiger partial charge >= 0.3 is 0 Å². The summed E-state index contributed by atoms with van der Waals surface area (Å²) in [5.41, 5.74) is 9.67. The normalized spacial score (nSPS) is 11.9. The van der Waals surface area contributed by atoms with Crippen molar-refractivity contribution in [2.24, 2.45) is 0 Å². The number of benzene rings is 10. The standard InChI is InChI=1S/C54H33NOS/c1-2-14-35(15-3-1)40-31-32-48(51-50-45-20-8-6-17-42(45)43-18-7-9-21-46(43)53(50)56-52(40)51)55(39-30-25-34-13-4-5-16-37(34)33-39)38-28-26-36(27-29-38)41-22-12-23-47-44-19-10-11-24-49(44)57-54(41)47/h1-33H. The minimum Gasteiger partial charge on any atom is -0.455 e. The summed E-state index contributed by atoms with van der Waals surface area (Å²) >= 11 is 1.87. The zero-order valence-corrected chi connectivity index (χ0v) is 31.6. The van der Waals surface area contributed by atoms with Crippen LogP contribution in [0.25, 0.3) is 96.7 Å². The van der Waals surface area contributed by atoms with Gasteiger partial charge in [0, 0.05) is 47.9 Å². The number of nitrogens with zero attached hydrogens (tertiary/aromatic N) is 1. The maximum Gasteiger partial charge on any atom is 0.145 e. The van der Waals surface area contributed by atoms with Gasteiger partial charge < -0.3 is 9.32 Å². The Morgan fingerprint density at radius 3 is 1.82 bits per heavy atom. The molecule has 0 aliphatic rings. The zero-order chi connectivity index (χ0) is 37.5. The van der Waals surface area contributed by atoms with E-state index in [4.69, 9.17) is 4.42 Å². The van der Waals surface area contributed by atoms with Crippen molar-refractivity contribution in [2.75, 3.05) is 4.90 Å². The molecule has 0 aliphatic carbocycles. The van der Waals surface area contributed by atoms with Gasteiger partial charge in [0.25, 0.3) is 0 Å². The summed E-state index contributed by atoms with van der Waals surface area (Å²) in [5, 5.41) is 12.0. The van der Waals surface area contributed by atoms with Crippen molar-refractivity contribution in [1.29, 1.82) is 0 Å². The third-order valence-corrected chi connectivity index (χ3v) is 12.9. The van der Waals surface area contributed by atoms with Crippen molar-refractivity contribution in [2.45, 2.75) is 0 Å². The molecule has 3 heteroatoms. The summed E-state index contributed by atoms with van der Waals surface area (Å²) in [6, 6.07) is 72.6. The molecule has 10 aromatic carbocycles. The second kappa shape index (κ2) is 12.7. The van der Waals surface area contributed by atoms with Crippen molar-refractivity contribution in [3.05, 3.63) is 200 Å². The third kappa shape index (κ3) is 4.96. The highest BCUT2D eigenvalue weighted by atomic mass is 32.1. The highest BCUT2D eigenvalue weighted by molar-refractivity contribution is 7.26. The monoisotopic (exact) mass is 743 g/mol. The van der Waals surface area contributed by atoms with Crippen LogP contribution < -0.4 is 4.90 Å². The first-order valence-corrected chi connectivity index (χ1v) is 20.2. The third-order valence-electron chi connectivity index (χ3n) is 11.6. The van der Waals surface area contributed by atoms with E-state index in [1.54, 1.807) is 0 Å². The summed E-state index contributed by atoms with van der Waals surface area (Å²) in [7, 11) is 0. The Labute approximate surface area is 333 Å². The van der Waals surface area contributed by atoms with Gasteiger partial charge in [-0.25, -0.2) is 0 Å². The van der Waals surface area contributed by atoms with Crippen molar-refractivity contribution in [3.8, 4) is 22.3 Å². The van der Waals surface area contributed by atoms with E-state index >= 15 is 0 Å². The molecule has 0 amide bonds. The zero-order valence-electron chi connectivity index (χ0n) is 30.8. The van der Waals surface area contributed by atoms with Crippen molar-refractivity contribution in [3.63, 3.8) is 0 Å². The van der Waals surface area contributed by atoms with E-state index in [0.29, 0.717) is 0 Å². The molecule has 0 saturated carbocycles. The average Bonchev–Trinajstić information content (AvgIpc) is 3.88. The summed E-state index contributed by atoms with van der Waals surface area (Å²) < 4.78 is 9.84. The van der Waals surface area contributed by atoms with E-state index in [0.717, 1.165) is 55.5 Å². The lowest BCUT2D eigenvalue weighted by atomic mass is 9.94. The van der Waals surface area contributed by atoms with E-state index in [9.17, 15) is 0 Å². The van der Waals surface area contributed by atoms with Crippen molar-refractivity contribution >= 4 is 103 Å². The number of hydrogen-bond donors (Lipinski definition) is 0. The van der Waals surface area contributed by atoms with E-state index < -0.39 is 0 Å². The first-order valence-electron chi connectivity index (χ1n) is 19.4. The van der Waals surface area contributed by atoms with Gasteiger partial charge in [-0.05, 0) is 86.1 Å². The quantitative estimate of drug-likeness (QED) is 0.163. The Kier molecular flexibility index (Phi) is 7.13. The second-order valence-corrected chi connectivity index (χ2v) is 15.8. The minimum absolute atomic E-state index is 0.883. The molecule has 0 atom stereocenters. The molecule has 12 rings (SSSR count). The Balaban J connectivity index is 1.15. The summed E-state index contributed by atoms with van der Waals surface area (Å²) in [6.07, 6.45) is 0. The largest absolute Gasteiger partial charge is 0.455 e. The predicted molar refractivity (Wildman–Crippen MR) is 245 cm³/mol. The van der Waals surface area contributed by atoms with Crippen LogP contribution in [0.2, 0.25) is 0 Å². The molecule has 57 heavy (non-hydrogen) atoms. The number of furan rings is 1. The molecule has 0 radical (unpaired) electrons. The first kappa shape index (κ1) is 32.1. The molecule has 0 N–H and O–H groups in total. The SMILES string of the molecule is c1ccc(-c2ccc(N(c3ccc(-c4cccc5c4sc4ccccc45)cc3)c3ccc4ccccc4c3)c3c2oc2c4ccccc4c4ccccc4c23)cc1. The van der Waals surface area contributed by atoms with E-state index in [2.05, 4.69) is 205 Å². The van der Waals surface area contributed by atoms with Crippen LogP contribution in [-0.2, 0) is 0 Å². The second-order valence-electron chi connectivity index (χ2n) is 14.8. The molecule has 0 aliphatic heterocycles. The van der Waals surface area contributed by atoms with Crippen LogP contribution in [0.1, 0.15) is 0 Å². The molecule has 266 valence electrons. The summed E-state index contributed by atoms with van der Waals surface area (Å²) in [4.78, 5) is 2.42. The smallest absolute Gasteiger partial charge is 0.145 e. The highest BCUT2D eigenvalue weighted by Gasteiger charge is 2.25. The van der Waals surface area contributed by atoms with Crippen LogP contribution in [0.5, 0.6) is 0 Å². The lowest BCUT2D eigenvalue weighted by Crippen LogP contribution is -2.10. The molecule has 12 aromatic rings. The van der Waals surface area contributed by atoms with Gasteiger partial charge in [-0.2, -0.15) is 0 Å². The topological polar surface area (TPSA) is 16.4 Å². The van der Waals surface area contributed by atoms with Crippen LogP contribution >= 0.6 is 11.3 Å². The van der Waals surface area contributed by atoms with E-state index in [-0.39, 0.29) is 0 Å². The Morgan fingerprint density at radius 2 is 1.00 bits per heavy atom. The number of rotatable bonds is 5. The fourth-order valence-electron chi connectivity index (χ4n) is 9.02. The fourth-order valence-corrected chi connectivity index (χ4v) is 10.3. The summed E-state index contributed by atoms with van der Waals surface area (Å²) in [6.45, 7) is 0. The summed E-state index contributed by atoms with van der Waals surface area (Å²) in [5.74, 6) is 0. The highest BCUT2D eigenvalue weighted by Crippen LogP contribution is 2.50. The number of thiophene rings is 1. The number of anilines is 3. The predicted octanol–water partition coefficient (Wildman–Crippen LogP) is 16.2. The molecule has 0 spiro atoms. The number of hydrogen-bond acceptors (Lipinski definition) is 3. The minimum atomic E-state index is 0.883. The molecule has 2 heterocycles. The molecule has 2 aromatic heterocycles. The lowest BCUT2D eigenvalue weighted by molar-refractivity contribution is 0.674. The molecule has 0 fully saturated rings. The van der Waals surface area contributed by atoms with Crippen molar-refractivity contribution < 1.29 is 4.42 Å². The Morgan fingerprint density at radius 1 is 0.368 bits per heavy atom. The lowest BCUT2D eigenvalue weighted by Gasteiger charge is -2.27. The van der Waals surface area contributed by atoms with Gasteiger partial charge in [0.2, 0.25) is 0 Å². The van der Waals surface area contributed by atoms with Crippen LogP contribution in [0, 0.1) is 0 Å². The van der Waals surface area contributed by atoms with Gasteiger partial charge in [0.1, 0.15) is 11.2 Å². The van der Waals surface area contributed by atoms with Gasteiger partial charge in [-0.3, -0.25) is 0 Å². The van der Waals surface area contributed by atoms with Gasteiger partial charge in [-0.15, -0.1) is 11.3 Å². The molecule has 0 unspecified atom stereocenters. The molecule has 2 nitrogen and oxygen atoms in total. The average molecular weight is 744 g/mol. The fraction of sp³-hybridized carbons (Fsp3) is 0. The van der Waals surface area contributed by atoms with Crippen LogP contribution in [0.15, 0.2) is 205 Å². The van der Waals surface area contributed by atoms with Crippen LogP contribution in [0.3, 0.4) is 0 Å². The molecular formula is C54H33NOS. The Bertz CT molecular complexity index is 3520. The maximum absolute atomic E-state index is 7.21. The van der Waals surface area contributed by atoms with Crippen LogP contribution in [-0.4, -0.2) is 0 Å². The molecular weight excluding hydrogens is 711 g/mol. The maximum atomic E-state index is 7.21. The molecule has 0 saturated heterocycles. The Hall–Kier alpha value is -7.20. The van der Waals surface area contributed by atoms with Gasteiger partial charge in [-0.1, -0.05) is 158 Å². The van der Waals surface area contributed by atoms with Crippen molar-refractivity contribution in [1.82, 2.24) is 0 Å². The van der Waals surface area contributed by atoms with Gasteiger partial charge in [0.15, 0.2) is 0 Å². The van der Waals surface area contributed by atoms with E-state index in [1.165, 1.54) is 58.2 Å². The van der Waals surface area contributed by atoms with E-state index in [1.807, 2.05) is 11.3 Å². The van der Waals surface area contributed by atoms with Crippen LogP contribution in [0.4, 0.5) is 17.1 Å². The molecule has 0 bridgehead atoms. The van der Waals surface area contributed by atoms with Gasteiger partial charge in [0.05, 0.1) is 11.1 Å². The first-order chi connectivity index (χ1) is 28.3. The number of fused-ring (bicyclic) bond motifs is 12.